The zero-order valence-corrected chi connectivity index (χ0v) is 18.8. The van der Waals surface area contributed by atoms with E-state index in [4.69, 9.17) is 0 Å². The number of aryl methyl sites for hydroxylation is 3. The number of likely N-dealkylation sites (tertiary alicyclic amines) is 1. The normalized spacial score (nSPS) is 23.1. The summed E-state index contributed by atoms with van der Waals surface area (Å²) in [5, 5.41) is 3.17. The molecule has 2 saturated heterocycles. The maximum atomic E-state index is 13.4. The lowest BCUT2D eigenvalue weighted by molar-refractivity contribution is -0.133. The van der Waals surface area contributed by atoms with E-state index in [2.05, 4.69) is 5.32 Å². The second-order valence-corrected chi connectivity index (χ2v) is 9.83. The number of hydrogen-bond acceptors (Lipinski definition) is 4. The second kappa shape index (κ2) is 9.11. The standard InChI is InChI=1S/C20H31N3O3S.ClH/c1-14-10-15(2)19(16(3)11-14)27(25,26)23-8-5-6-18(23)20(24)22-9-7-17(13-22)12-21-4;/h10-11,17-18,21H,5-9,12-13H2,1-4H3;1H. The Morgan fingerprint density at radius 1 is 1.14 bits per heavy atom. The van der Waals surface area contributed by atoms with Crippen molar-refractivity contribution in [2.45, 2.75) is 51.0 Å². The van der Waals surface area contributed by atoms with Gasteiger partial charge in [0.25, 0.3) is 0 Å². The van der Waals surface area contributed by atoms with E-state index in [1.54, 1.807) is 0 Å². The van der Waals surface area contributed by atoms with Crippen LogP contribution in [0.15, 0.2) is 17.0 Å². The van der Waals surface area contributed by atoms with Crippen molar-refractivity contribution in [1.82, 2.24) is 14.5 Å². The molecule has 2 aliphatic rings. The maximum Gasteiger partial charge on any atom is 0.244 e. The highest BCUT2D eigenvalue weighted by molar-refractivity contribution is 7.89. The fraction of sp³-hybridized carbons (Fsp3) is 0.650. The second-order valence-electron chi connectivity index (χ2n) is 8.00. The molecule has 2 aliphatic heterocycles. The molecule has 28 heavy (non-hydrogen) atoms. The molecule has 2 unspecified atom stereocenters. The Labute approximate surface area is 175 Å². The molecule has 0 saturated carbocycles. The van der Waals surface area contributed by atoms with Gasteiger partial charge in [0.15, 0.2) is 0 Å². The quantitative estimate of drug-likeness (QED) is 0.779. The fourth-order valence-electron chi connectivity index (χ4n) is 4.66. The van der Waals surface area contributed by atoms with Gasteiger partial charge in [0.05, 0.1) is 4.90 Å². The number of carbonyl (C=O) groups excluding carboxylic acids is 1. The van der Waals surface area contributed by atoms with E-state index in [9.17, 15) is 13.2 Å². The van der Waals surface area contributed by atoms with E-state index >= 15 is 0 Å². The predicted octanol–water partition coefficient (Wildman–Crippen LogP) is 2.25. The molecule has 0 aromatic heterocycles. The smallest absolute Gasteiger partial charge is 0.244 e. The van der Waals surface area contributed by atoms with Crippen molar-refractivity contribution in [3.05, 3.63) is 28.8 Å². The number of rotatable bonds is 5. The van der Waals surface area contributed by atoms with Gasteiger partial charge in [-0.2, -0.15) is 4.31 Å². The summed E-state index contributed by atoms with van der Waals surface area (Å²) in [5.41, 5.74) is 2.55. The molecule has 2 heterocycles. The van der Waals surface area contributed by atoms with E-state index < -0.39 is 16.1 Å². The average Bonchev–Trinajstić information content (AvgIpc) is 3.23. The Kier molecular flexibility index (Phi) is 7.53. The Morgan fingerprint density at radius 2 is 1.79 bits per heavy atom. The van der Waals surface area contributed by atoms with E-state index in [1.165, 1.54) is 4.31 Å². The highest BCUT2D eigenvalue weighted by Crippen LogP contribution is 2.32. The van der Waals surface area contributed by atoms with Crippen molar-refractivity contribution < 1.29 is 13.2 Å². The lowest BCUT2D eigenvalue weighted by atomic mass is 10.1. The van der Waals surface area contributed by atoms with Crippen LogP contribution in [0.3, 0.4) is 0 Å². The molecule has 1 aromatic carbocycles. The van der Waals surface area contributed by atoms with Crippen LogP contribution in [0.5, 0.6) is 0 Å². The van der Waals surface area contributed by atoms with Crippen molar-refractivity contribution in [3.63, 3.8) is 0 Å². The summed E-state index contributed by atoms with van der Waals surface area (Å²) in [4.78, 5) is 15.3. The van der Waals surface area contributed by atoms with Crippen LogP contribution in [0.1, 0.15) is 36.0 Å². The van der Waals surface area contributed by atoms with Gasteiger partial charge in [0.1, 0.15) is 6.04 Å². The highest BCUT2D eigenvalue weighted by Gasteiger charge is 2.43. The summed E-state index contributed by atoms with van der Waals surface area (Å²) in [7, 11) is -1.77. The van der Waals surface area contributed by atoms with Crippen LogP contribution in [0.25, 0.3) is 0 Å². The maximum absolute atomic E-state index is 13.4. The Hall–Kier alpha value is -1.15. The molecule has 2 atom stereocenters. The van der Waals surface area contributed by atoms with Crippen LogP contribution in [0, 0.1) is 26.7 Å². The number of amides is 1. The number of nitrogens with zero attached hydrogens (tertiary/aromatic N) is 2. The molecule has 8 heteroatoms. The first-order chi connectivity index (χ1) is 12.8. The minimum atomic E-state index is -3.69. The van der Waals surface area contributed by atoms with Crippen molar-refractivity contribution in [3.8, 4) is 0 Å². The number of sulfonamides is 1. The van der Waals surface area contributed by atoms with Crippen molar-refractivity contribution in [2.75, 3.05) is 33.2 Å². The van der Waals surface area contributed by atoms with Crippen LogP contribution in [0.4, 0.5) is 0 Å². The van der Waals surface area contributed by atoms with E-state index in [1.807, 2.05) is 44.9 Å². The van der Waals surface area contributed by atoms with Crippen molar-refractivity contribution >= 4 is 28.3 Å². The van der Waals surface area contributed by atoms with Gasteiger partial charge >= 0.3 is 0 Å². The zero-order chi connectivity index (χ0) is 19.8. The summed E-state index contributed by atoms with van der Waals surface area (Å²) in [6.45, 7) is 8.38. The molecule has 1 aromatic rings. The third-order valence-electron chi connectivity index (χ3n) is 5.75. The Morgan fingerprint density at radius 3 is 2.39 bits per heavy atom. The Bertz CT molecular complexity index is 805. The van der Waals surface area contributed by atoms with E-state index in [-0.39, 0.29) is 18.3 Å². The minimum Gasteiger partial charge on any atom is -0.341 e. The largest absolute Gasteiger partial charge is 0.341 e. The average molecular weight is 430 g/mol. The van der Waals surface area contributed by atoms with Crippen LogP contribution < -0.4 is 5.32 Å². The molecule has 2 fully saturated rings. The van der Waals surface area contributed by atoms with Crippen molar-refractivity contribution in [1.29, 1.82) is 0 Å². The summed E-state index contributed by atoms with van der Waals surface area (Å²) >= 11 is 0. The molecule has 0 aliphatic carbocycles. The molecule has 1 amide bonds. The van der Waals surface area contributed by atoms with E-state index in [0.29, 0.717) is 30.3 Å². The van der Waals surface area contributed by atoms with Crippen molar-refractivity contribution in [2.24, 2.45) is 5.92 Å². The number of carbonyl (C=O) groups is 1. The summed E-state index contributed by atoms with van der Waals surface area (Å²) in [6, 6.07) is 3.23. The van der Waals surface area contributed by atoms with Gasteiger partial charge in [-0.05, 0) is 70.7 Å². The lowest BCUT2D eigenvalue weighted by Crippen LogP contribution is -2.47. The van der Waals surface area contributed by atoms with Crippen LogP contribution >= 0.6 is 12.4 Å². The summed E-state index contributed by atoms with van der Waals surface area (Å²) in [6.07, 6.45) is 2.31. The van der Waals surface area contributed by atoms with Gasteiger partial charge in [-0.1, -0.05) is 17.7 Å². The van der Waals surface area contributed by atoms with Gasteiger partial charge in [-0.25, -0.2) is 8.42 Å². The predicted molar refractivity (Wildman–Crippen MR) is 113 cm³/mol. The molecule has 3 rings (SSSR count). The lowest BCUT2D eigenvalue weighted by Gasteiger charge is -2.28. The van der Waals surface area contributed by atoms with Gasteiger partial charge in [0, 0.05) is 19.6 Å². The minimum absolute atomic E-state index is 0. The van der Waals surface area contributed by atoms with Crippen LogP contribution in [-0.2, 0) is 14.8 Å². The first kappa shape index (κ1) is 23.1. The SMILES string of the molecule is CNCC1CCN(C(=O)C2CCCN2S(=O)(=O)c2c(C)cc(C)cc2C)C1.Cl. The monoisotopic (exact) mass is 429 g/mol. The van der Waals surface area contributed by atoms with Gasteiger partial charge < -0.3 is 10.2 Å². The van der Waals surface area contributed by atoms with Crippen LogP contribution in [0.2, 0.25) is 0 Å². The molecule has 1 N–H and O–H groups in total. The molecule has 6 nitrogen and oxygen atoms in total. The topological polar surface area (TPSA) is 69.7 Å². The number of benzene rings is 1. The Balaban J connectivity index is 0.00000280. The highest BCUT2D eigenvalue weighted by atomic mass is 35.5. The first-order valence-corrected chi connectivity index (χ1v) is 11.2. The first-order valence-electron chi connectivity index (χ1n) is 9.78. The molecule has 0 radical (unpaired) electrons. The van der Waals surface area contributed by atoms with Gasteiger partial charge in [-0.15, -0.1) is 12.4 Å². The van der Waals surface area contributed by atoms with Crippen LogP contribution in [-0.4, -0.2) is 62.8 Å². The number of halogens is 1. The molecule has 0 bridgehead atoms. The molecule has 158 valence electrons. The summed E-state index contributed by atoms with van der Waals surface area (Å²) < 4.78 is 28.3. The molecule has 0 spiro atoms. The third kappa shape index (κ3) is 4.37. The zero-order valence-electron chi connectivity index (χ0n) is 17.2. The van der Waals surface area contributed by atoms with Gasteiger partial charge in [0.2, 0.25) is 15.9 Å². The summed E-state index contributed by atoms with van der Waals surface area (Å²) in [5.74, 6) is 0.420. The number of hydrogen-bond donors (Lipinski definition) is 1. The van der Waals surface area contributed by atoms with Gasteiger partial charge in [-0.3, -0.25) is 4.79 Å². The third-order valence-corrected chi connectivity index (χ3v) is 7.96. The molecular weight excluding hydrogens is 398 g/mol. The molecular formula is C20H32ClN3O3S. The number of nitrogens with one attached hydrogen (secondary N) is 1. The fourth-order valence-corrected chi connectivity index (χ4v) is 6.73. The van der Waals surface area contributed by atoms with E-state index in [0.717, 1.165) is 42.6 Å².